The van der Waals surface area contributed by atoms with E-state index in [4.69, 9.17) is 10.00 Å². The quantitative estimate of drug-likeness (QED) is 0.906. The predicted molar refractivity (Wildman–Crippen MR) is 79.3 cm³/mol. The van der Waals surface area contributed by atoms with Crippen LogP contribution >= 0.6 is 0 Å². The molecule has 0 spiro atoms. The summed E-state index contributed by atoms with van der Waals surface area (Å²) in [5.74, 6) is 0.450. The molecule has 0 aliphatic carbocycles. The fraction of sp³-hybridized carbons (Fsp3) is 0.267. The van der Waals surface area contributed by atoms with Crippen molar-refractivity contribution >= 4 is 11.7 Å². The van der Waals surface area contributed by atoms with Gasteiger partial charge in [0, 0.05) is 6.20 Å². The smallest absolute Gasteiger partial charge is 0.262 e. The van der Waals surface area contributed by atoms with Crippen LogP contribution in [0.15, 0.2) is 30.7 Å². The fourth-order valence-electron chi connectivity index (χ4n) is 1.56. The van der Waals surface area contributed by atoms with Gasteiger partial charge in [-0.2, -0.15) is 5.26 Å². The molecule has 1 N–H and O–H groups in total. The second kappa shape index (κ2) is 7.13. The summed E-state index contributed by atoms with van der Waals surface area (Å²) in [4.78, 5) is 24.1. The lowest BCUT2D eigenvalue weighted by atomic mass is 10.2. The standard InChI is InChI=1S/C15H15N5O2/c1-10(2)9-22-15-12(4-3-5-17-15)14(21)20-13-8-18-11(6-16)7-19-13/h3-5,7-8,10H,9H2,1-2H3,(H,19,20,21). The lowest BCUT2D eigenvalue weighted by Crippen LogP contribution is -2.16. The van der Waals surface area contributed by atoms with Gasteiger partial charge in [0.25, 0.3) is 5.91 Å². The molecule has 2 aromatic heterocycles. The highest BCUT2D eigenvalue weighted by Gasteiger charge is 2.14. The lowest BCUT2D eigenvalue weighted by molar-refractivity contribution is 0.102. The van der Waals surface area contributed by atoms with Crippen molar-refractivity contribution in [1.82, 2.24) is 15.0 Å². The van der Waals surface area contributed by atoms with E-state index in [0.717, 1.165) is 0 Å². The first-order valence-corrected chi connectivity index (χ1v) is 6.71. The molecule has 0 saturated heterocycles. The second-order valence-corrected chi connectivity index (χ2v) is 4.91. The number of nitrogens with one attached hydrogen (secondary N) is 1. The van der Waals surface area contributed by atoms with Gasteiger partial charge in [0.2, 0.25) is 5.88 Å². The lowest BCUT2D eigenvalue weighted by Gasteiger charge is -2.11. The van der Waals surface area contributed by atoms with Gasteiger partial charge in [0.15, 0.2) is 11.5 Å². The number of nitrogens with zero attached hydrogens (tertiary/aromatic N) is 4. The number of amides is 1. The van der Waals surface area contributed by atoms with Crippen molar-refractivity contribution < 1.29 is 9.53 Å². The van der Waals surface area contributed by atoms with E-state index in [9.17, 15) is 4.79 Å². The third kappa shape index (κ3) is 3.99. The molecule has 2 rings (SSSR count). The van der Waals surface area contributed by atoms with Crippen molar-refractivity contribution in [3.63, 3.8) is 0 Å². The Hall–Kier alpha value is -3.01. The molecule has 0 bridgehead atoms. The van der Waals surface area contributed by atoms with E-state index in [-0.39, 0.29) is 17.4 Å². The van der Waals surface area contributed by atoms with Crippen molar-refractivity contribution in [1.29, 1.82) is 5.26 Å². The van der Waals surface area contributed by atoms with E-state index < -0.39 is 5.91 Å². The Morgan fingerprint density at radius 2 is 2.18 bits per heavy atom. The van der Waals surface area contributed by atoms with Crippen LogP contribution in [0, 0.1) is 17.2 Å². The number of carbonyl (C=O) groups excluding carboxylic acids is 1. The Kier molecular flexibility index (Phi) is 4.98. The van der Waals surface area contributed by atoms with Crippen molar-refractivity contribution in [2.45, 2.75) is 13.8 Å². The molecule has 2 aromatic rings. The minimum atomic E-state index is -0.397. The number of anilines is 1. The molecule has 0 aromatic carbocycles. The molecule has 22 heavy (non-hydrogen) atoms. The van der Waals surface area contributed by atoms with Gasteiger partial charge in [-0.15, -0.1) is 0 Å². The zero-order valence-corrected chi connectivity index (χ0v) is 12.3. The Morgan fingerprint density at radius 3 is 2.82 bits per heavy atom. The minimum Gasteiger partial charge on any atom is -0.477 e. The van der Waals surface area contributed by atoms with Crippen LogP contribution in [-0.2, 0) is 0 Å². The molecule has 0 unspecified atom stereocenters. The molecule has 0 atom stereocenters. The van der Waals surface area contributed by atoms with Gasteiger partial charge in [-0.1, -0.05) is 13.8 Å². The summed E-state index contributed by atoms with van der Waals surface area (Å²) in [6, 6.07) is 5.13. The Labute approximate surface area is 128 Å². The zero-order valence-electron chi connectivity index (χ0n) is 12.3. The highest BCUT2D eigenvalue weighted by molar-refractivity contribution is 6.05. The summed E-state index contributed by atoms with van der Waals surface area (Å²) in [6.07, 6.45) is 4.17. The average Bonchev–Trinajstić information content (AvgIpc) is 2.54. The Bertz CT molecular complexity index is 692. The van der Waals surface area contributed by atoms with Gasteiger partial charge >= 0.3 is 0 Å². The van der Waals surface area contributed by atoms with E-state index >= 15 is 0 Å². The molecule has 7 heteroatoms. The van der Waals surface area contributed by atoms with Gasteiger partial charge < -0.3 is 10.1 Å². The molecule has 2 heterocycles. The van der Waals surface area contributed by atoms with Crippen LogP contribution in [0.1, 0.15) is 29.9 Å². The average molecular weight is 297 g/mol. The molecular formula is C15H15N5O2. The maximum Gasteiger partial charge on any atom is 0.262 e. The van der Waals surface area contributed by atoms with Gasteiger partial charge in [0.1, 0.15) is 11.6 Å². The van der Waals surface area contributed by atoms with Gasteiger partial charge in [-0.25, -0.2) is 15.0 Å². The maximum atomic E-state index is 12.3. The number of nitriles is 1. The number of hydrogen-bond acceptors (Lipinski definition) is 6. The van der Waals surface area contributed by atoms with E-state index in [2.05, 4.69) is 20.3 Å². The highest BCUT2D eigenvalue weighted by atomic mass is 16.5. The molecule has 1 amide bonds. The van der Waals surface area contributed by atoms with Crippen molar-refractivity contribution in [2.75, 3.05) is 11.9 Å². The Morgan fingerprint density at radius 1 is 1.36 bits per heavy atom. The first-order chi connectivity index (χ1) is 10.6. The minimum absolute atomic E-state index is 0.181. The first kappa shape index (κ1) is 15.4. The maximum absolute atomic E-state index is 12.3. The summed E-state index contributed by atoms with van der Waals surface area (Å²) in [5.41, 5.74) is 0.495. The van der Waals surface area contributed by atoms with E-state index in [1.807, 2.05) is 19.9 Å². The molecule has 0 saturated carbocycles. The summed E-state index contributed by atoms with van der Waals surface area (Å²) in [5, 5.41) is 11.3. The molecule has 0 radical (unpaired) electrons. The summed E-state index contributed by atoms with van der Waals surface area (Å²) in [6.45, 7) is 4.48. The fourth-order valence-corrected chi connectivity index (χ4v) is 1.56. The van der Waals surface area contributed by atoms with E-state index in [0.29, 0.717) is 18.1 Å². The van der Waals surface area contributed by atoms with E-state index in [1.54, 1.807) is 18.3 Å². The third-order valence-electron chi connectivity index (χ3n) is 2.58. The summed E-state index contributed by atoms with van der Waals surface area (Å²) in [7, 11) is 0. The summed E-state index contributed by atoms with van der Waals surface area (Å²) >= 11 is 0. The van der Waals surface area contributed by atoms with Crippen molar-refractivity contribution in [3.8, 4) is 11.9 Å². The molecule has 7 nitrogen and oxygen atoms in total. The van der Waals surface area contributed by atoms with Crippen LogP contribution in [0.3, 0.4) is 0 Å². The van der Waals surface area contributed by atoms with Gasteiger partial charge in [-0.3, -0.25) is 4.79 Å². The van der Waals surface area contributed by atoms with Crippen LogP contribution < -0.4 is 10.1 Å². The predicted octanol–water partition coefficient (Wildman–Crippen LogP) is 2.03. The van der Waals surface area contributed by atoms with Crippen LogP contribution in [0.5, 0.6) is 5.88 Å². The molecule has 112 valence electrons. The molecule has 0 aliphatic heterocycles. The SMILES string of the molecule is CC(C)COc1ncccc1C(=O)Nc1cnc(C#N)cn1. The number of carbonyl (C=O) groups is 1. The summed E-state index contributed by atoms with van der Waals surface area (Å²) < 4.78 is 5.54. The van der Waals surface area contributed by atoms with Gasteiger partial charge in [-0.05, 0) is 18.1 Å². The van der Waals surface area contributed by atoms with Crippen LogP contribution in [-0.4, -0.2) is 27.5 Å². The van der Waals surface area contributed by atoms with E-state index in [1.165, 1.54) is 12.4 Å². The normalized spacial score (nSPS) is 10.1. The van der Waals surface area contributed by atoms with Gasteiger partial charge in [0.05, 0.1) is 19.0 Å². The monoisotopic (exact) mass is 297 g/mol. The van der Waals surface area contributed by atoms with Crippen LogP contribution in [0.2, 0.25) is 0 Å². The van der Waals surface area contributed by atoms with Crippen LogP contribution in [0.25, 0.3) is 0 Å². The number of aromatic nitrogens is 3. The number of hydrogen-bond donors (Lipinski definition) is 1. The largest absolute Gasteiger partial charge is 0.477 e. The second-order valence-electron chi connectivity index (χ2n) is 4.91. The topological polar surface area (TPSA) is 101 Å². The van der Waals surface area contributed by atoms with Crippen molar-refractivity contribution in [2.24, 2.45) is 5.92 Å². The zero-order chi connectivity index (χ0) is 15.9. The number of rotatable bonds is 5. The highest BCUT2D eigenvalue weighted by Crippen LogP contribution is 2.16. The molecule has 0 aliphatic rings. The first-order valence-electron chi connectivity index (χ1n) is 6.71. The Balaban J connectivity index is 2.13. The van der Waals surface area contributed by atoms with Crippen molar-refractivity contribution in [3.05, 3.63) is 42.0 Å². The number of ether oxygens (including phenoxy) is 1. The molecular weight excluding hydrogens is 282 g/mol. The van der Waals surface area contributed by atoms with Crippen LogP contribution in [0.4, 0.5) is 5.82 Å². The number of pyridine rings is 1. The molecule has 0 fully saturated rings. The third-order valence-corrected chi connectivity index (χ3v) is 2.58.